The normalized spacial score (nSPS) is 23.2. The van der Waals surface area contributed by atoms with Crippen LogP contribution in [0.1, 0.15) is 38.2 Å². The number of halogens is 2. The average Bonchev–Trinajstić information content (AvgIpc) is 2.63. The molecule has 2 atom stereocenters. The van der Waals surface area contributed by atoms with Gasteiger partial charge in [0.15, 0.2) is 0 Å². The molecule has 2 saturated heterocycles. The molecule has 4 nitrogen and oxygen atoms in total. The summed E-state index contributed by atoms with van der Waals surface area (Å²) in [5.74, 6) is 1.62. The van der Waals surface area contributed by atoms with Gasteiger partial charge in [-0.2, -0.15) is 0 Å². The lowest BCUT2D eigenvalue weighted by Crippen LogP contribution is -2.44. The number of carbonyl (C=O) groups is 1. The molecule has 1 aromatic heterocycles. The smallest absolute Gasteiger partial charge is 0.265 e. The van der Waals surface area contributed by atoms with E-state index in [2.05, 4.69) is 22.1 Å². The minimum absolute atomic E-state index is 0.0229. The maximum Gasteiger partial charge on any atom is 0.265 e. The Morgan fingerprint density at radius 1 is 1.21 bits per heavy atom. The van der Waals surface area contributed by atoms with Gasteiger partial charge in [0.05, 0.1) is 5.52 Å². The van der Waals surface area contributed by atoms with E-state index in [1.807, 2.05) is 6.07 Å². The van der Waals surface area contributed by atoms with Crippen molar-refractivity contribution in [1.29, 1.82) is 0 Å². The maximum atomic E-state index is 13.4. The third-order valence-corrected chi connectivity index (χ3v) is 6.00. The molecule has 0 unspecified atom stereocenters. The first kappa shape index (κ1) is 19.2. The molecule has 0 aliphatic carbocycles. The second kappa shape index (κ2) is 8.11. The van der Waals surface area contributed by atoms with Crippen LogP contribution in [0.4, 0.5) is 14.5 Å². The SMILES string of the molecule is C[C@H]1C[C@@H](CC(=O)CC2CNC2)CN(c2ccc(C(F)F)c3ncccc23)C1. The number of rotatable bonds is 6. The Kier molecular flexibility index (Phi) is 5.58. The van der Waals surface area contributed by atoms with Crippen molar-refractivity contribution >= 4 is 22.4 Å². The fraction of sp³-hybridized carbons (Fsp3) is 0.545. The number of piperidine rings is 1. The Labute approximate surface area is 164 Å². The number of ketones is 1. The highest BCUT2D eigenvalue weighted by Crippen LogP contribution is 2.36. The Morgan fingerprint density at radius 3 is 2.71 bits per heavy atom. The monoisotopic (exact) mass is 387 g/mol. The molecule has 6 heteroatoms. The Morgan fingerprint density at radius 2 is 2.00 bits per heavy atom. The molecule has 1 aromatic carbocycles. The Bertz CT molecular complexity index is 853. The number of anilines is 1. The molecule has 0 radical (unpaired) electrons. The van der Waals surface area contributed by atoms with Gasteiger partial charge in [0.2, 0.25) is 0 Å². The lowest BCUT2D eigenvalue weighted by molar-refractivity contribution is -0.121. The van der Waals surface area contributed by atoms with E-state index in [4.69, 9.17) is 0 Å². The third kappa shape index (κ3) is 4.02. The van der Waals surface area contributed by atoms with Crippen molar-refractivity contribution in [3.63, 3.8) is 0 Å². The number of aromatic nitrogens is 1. The first-order valence-corrected chi connectivity index (χ1v) is 10.1. The van der Waals surface area contributed by atoms with E-state index in [1.54, 1.807) is 18.3 Å². The average molecular weight is 387 g/mol. The molecule has 150 valence electrons. The Hall–Kier alpha value is -2.08. The fourth-order valence-corrected chi connectivity index (χ4v) is 4.68. The lowest BCUT2D eigenvalue weighted by atomic mass is 9.84. The summed E-state index contributed by atoms with van der Waals surface area (Å²) < 4.78 is 26.8. The fourth-order valence-electron chi connectivity index (χ4n) is 4.68. The summed E-state index contributed by atoms with van der Waals surface area (Å²) in [4.78, 5) is 18.9. The number of alkyl halides is 2. The first-order valence-electron chi connectivity index (χ1n) is 10.1. The number of nitrogens with zero attached hydrogens (tertiary/aromatic N) is 2. The minimum Gasteiger partial charge on any atom is -0.370 e. The van der Waals surface area contributed by atoms with E-state index in [0.29, 0.717) is 41.9 Å². The van der Waals surface area contributed by atoms with Crippen molar-refractivity contribution in [3.05, 3.63) is 36.0 Å². The van der Waals surface area contributed by atoms with E-state index < -0.39 is 6.43 Å². The zero-order valence-corrected chi connectivity index (χ0v) is 16.2. The minimum atomic E-state index is -2.54. The van der Waals surface area contributed by atoms with Crippen LogP contribution in [0.25, 0.3) is 10.9 Å². The summed E-state index contributed by atoms with van der Waals surface area (Å²) in [5.41, 5.74) is 1.29. The van der Waals surface area contributed by atoms with Crippen LogP contribution in [-0.4, -0.2) is 36.9 Å². The van der Waals surface area contributed by atoms with Crippen molar-refractivity contribution in [2.45, 2.75) is 32.6 Å². The van der Waals surface area contributed by atoms with E-state index >= 15 is 0 Å². The number of benzene rings is 1. The van der Waals surface area contributed by atoms with E-state index in [0.717, 1.165) is 43.7 Å². The van der Waals surface area contributed by atoms with Gasteiger partial charge in [0.25, 0.3) is 6.43 Å². The lowest BCUT2D eigenvalue weighted by Gasteiger charge is -2.38. The van der Waals surface area contributed by atoms with Gasteiger partial charge in [0, 0.05) is 48.8 Å². The molecule has 0 amide bonds. The molecule has 0 saturated carbocycles. The van der Waals surface area contributed by atoms with Crippen molar-refractivity contribution in [3.8, 4) is 0 Å². The van der Waals surface area contributed by atoms with Crippen LogP contribution in [0.2, 0.25) is 0 Å². The van der Waals surface area contributed by atoms with E-state index in [1.165, 1.54) is 6.07 Å². The third-order valence-electron chi connectivity index (χ3n) is 6.00. The highest BCUT2D eigenvalue weighted by atomic mass is 19.3. The number of hydrogen-bond donors (Lipinski definition) is 1. The van der Waals surface area contributed by atoms with Gasteiger partial charge in [-0.1, -0.05) is 6.92 Å². The molecular formula is C22H27F2N3O. The molecular weight excluding hydrogens is 360 g/mol. The number of Topliss-reactive ketones (excluding diaryl/α,β-unsaturated/α-hetero) is 1. The molecule has 4 rings (SSSR count). The predicted molar refractivity (Wildman–Crippen MR) is 107 cm³/mol. The van der Waals surface area contributed by atoms with E-state index in [9.17, 15) is 13.6 Å². The van der Waals surface area contributed by atoms with Gasteiger partial charge < -0.3 is 10.2 Å². The van der Waals surface area contributed by atoms with Gasteiger partial charge in [-0.3, -0.25) is 9.78 Å². The van der Waals surface area contributed by atoms with Gasteiger partial charge in [-0.15, -0.1) is 0 Å². The van der Waals surface area contributed by atoms with Crippen molar-refractivity contribution in [2.75, 3.05) is 31.1 Å². The summed E-state index contributed by atoms with van der Waals surface area (Å²) >= 11 is 0. The summed E-state index contributed by atoms with van der Waals surface area (Å²) in [5, 5.41) is 3.98. The van der Waals surface area contributed by atoms with Crippen LogP contribution in [0.5, 0.6) is 0 Å². The second-order valence-corrected chi connectivity index (χ2v) is 8.46. The van der Waals surface area contributed by atoms with Crippen LogP contribution in [-0.2, 0) is 4.79 Å². The molecule has 28 heavy (non-hydrogen) atoms. The molecule has 1 N–H and O–H groups in total. The van der Waals surface area contributed by atoms with Crippen LogP contribution in [0.15, 0.2) is 30.5 Å². The van der Waals surface area contributed by atoms with Gasteiger partial charge in [-0.05, 0) is 61.5 Å². The highest BCUT2D eigenvalue weighted by Gasteiger charge is 2.29. The molecule has 2 aliphatic rings. The van der Waals surface area contributed by atoms with Crippen molar-refractivity contribution in [1.82, 2.24) is 10.3 Å². The summed E-state index contributed by atoms with van der Waals surface area (Å²) in [6, 6.07) is 6.95. The number of hydrogen-bond acceptors (Lipinski definition) is 4. The zero-order chi connectivity index (χ0) is 19.7. The zero-order valence-electron chi connectivity index (χ0n) is 16.2. The van der Waals surface area contributed by atoms with Crippen LogP contribution in [0.3, 0.4) is 0 Å². The summed E-state index contributed by atoms with van der Waals surface area (Å²) in [7, 11) is 0. The molecule has 2 fully saturated rings. The largest absolute Gasteiger partial charge is 0.370 e. The van der Waals surface area contributed by atoms with Crippen molar-refractivity contribution < 1.29 is 13.6 Å². The molecule has 2 aromatic rings. The Balaban J connectivity index is 1.54. The quantitative estimate of drug-likeness (QED) is 0.807. The van der Waals surface area contributed by atoms with Gasteiger partial charge in [-0.25, -0.2) is 8.78 Å². The maximum absolute atomic E-state index is 13.4. The van der Waals surface area contributed by atoms with Gasteiger partial charge >= 0.3 is 0 Å². The van der Waals surface area contributed by atoms with Crippen LogP contribution >= 0.6 is 0 Å². The van der Waals surface area contributed by atoms with E-state index in [-0.39, 0.29) is 5.56 Å². The number of nitrogens with one attached hydrogen (secondary N) is 1. The second-order valence-electron chi connectivity index (χ2n) is 8.46. The summed E-state index contributed by atoms with van der Waals surface area (Å²) in [6.45, 7) is 5.77. The molecule has 3 heterocycles. The number of carbonyl (C=O) groups excluding carboxylic acids is 1. The number of fused-ring (bicyclic) bond motifs is 1. The topological polar surface area (TPSA) is 45.2 Å². The van der Waals surface area contributed by atoms with Crippen LogP contribution in [0, 0.1) is 17.8 Å². The molecule has 2 aliphatic heterocycles. The van der Waals surface area contributed by atoms with Gasteiger partial charge in [0.1, 0.15) is 5.78 Å². The van der Waals surface area contributed by atoms with Crippen LogP contribution < -0.4 is 10.2 Å². The number of pyridine rings is 1. The molecule has 0 spiro atoms. The summed E-state index contributed by atoms with van der Waals surface area (Å²) in [6.07, 6.45) is 1.35. The first-order chi connectivity index (χ1) is 13.5. The predicted octanol–water partition coefficient (Wildman–Crippen LogP) is 4.20. The van der Waals surface area contributed by atoms with Crippen molar-refractivity contribution in [2.24, 2.45) is 17.8 Å². The molecule has 0 bridgehead atoms. The standard InChI is InChI=1S/C22H27F2N3O/c1-14-7-15(8-17(28)9-16-10-25-11-16)13-27(12-14)20-5-4-19(22(23)24)21-18(20)3-2-6-26-21/h2-6,14-16,22,25H,7-13H2,1H3/t14-,15-/m0/s1. The highest BCUT2D eigenvalue weighted by molar-refractivity contribution is 5.94.